The first-order chi connectivity index (χ1) is 17.3. The molecule has 2 aromatic rings. The number of carbonyl (C=O) groups excluding carboxylic acids is 1. The number of nitrogens with zero attached hydrogens (tertiary/aromatic N) is 1. The van der Waals surface area contributed by atoms with E-state index in [4.69, 9.17) is 4.74 Å². The van der Waals surface area contributed by atoms with E-state index in [-0.39, 0.29) is 41.6 Å². The van der Waals surface area contributed by atoms with Crippen molar-refractivity contribution in [1.29, 1.82) is 0 Å². The number of ether oxygens (including phenoxy) is 1. The van der Waals surface area contributed by atoms with Crippen molar-refractivity contribution in [2.24, 2.45) is 23.7 Å². The van der Waals surface area contributed by atoms with Gasteiger partial charge in [0, 0.05) is 23.8 Å². The molecule has 6 atom stereocenters. The Hall–Kier alpha value is -2.78. The number of rotatable bonds is 5. The third-order valence-electron chi connectivity index (χ3n) is 7.84. The van der Waals surface area contributed by atoms with Crippen LogP contribution in [0.4, 0.5) is 9.18 Å². The van der Waals surface area contributed by atoms with Gasteiger partial charge in [-0.15, -0.1) is 0 Å². The molecule has 5 rings (SSSR count). The number of hydrogen-bond acceptors (Lipinski definition) is 5. The van der Waals surface area contributed by atoms with E-state index < -0.39 is 10.0 Å². The van der Waals surface area contributed by atoms with Gasteiger partial charge in [0.15, 0.2) is 0 Å². The Bertz CT molecular complexity index is 1230. The van der Waals surface area contributed by atoms with Gasteiger partial charge >= 0.3 is 6.09 Å². The van der Waals surface area contributed by atoms with Crippen LogP contribution in [-0.4, -0.2) is 43.9 Å². The molecule has 7 nitrogen and oxygen atoms in total. The molecule has 2 N–H and O–H groups in total. The van der Waals surface area contributed by atoms with Crippen molar-refractivity contribution in [3.63, 3.8) is 0 Å². The molecule has 0 unspecified atom stereocenters. The zero-order valence-electron chi connectivity index (χ0n) is 20.3. The summed E-state index contributed by atoms with van der Waals surface area (Å²) in [5.74, 6) is 0.635. The summed E-state index contributed by atoms with van der Waals surface area (Å²) in [5.41, 5.74) is 2.37. The molecule has 1 aromatic heterocycles. The van der Waals surface area contributed by atoms with E-state index in [0.29, 0.717) is 18.4 Å². The first kappa shape index (κ1) is 24.9. The largest absolute Gasteiger partial charge is 0.450 e. The van der Waals surface area contributed by atoms with Gasteiger partial charge in [0.05, 0.1) is 18.1 Å². The normalized spacial score (nSPS) is 30.9. The molecule has 0 radical (unpaired) electrons. The molecule has 2 aliphatic carbocycles. The highest BCUT2D eigenvalue weighted by atomic mass is 32.2. The lowest BCUT2D eigenvalue weighted by molar-refractivity contribution is 0.0628. The molecule has 1 saturated heterocycles. The summed E-state index contributed by atoms with van der Waals surface area (Å²) < 4.78 is 46.5. The van der Waals surface area contributed by atoms with Gasteiger partial charge < -0.3 is 10.1 Å². The summed E-state index contributed by atoms with van der Waals surface area (Å²) in [6, 6.07) is 10.2. The zero-order chi connectivity index (χ0) is 25.3. The lowest BCUT2D eigenvalue weighted by atomic mass is 9.60. The molecule has 2 heterocycles. The van der Waals surface area contributed by atoms with Crippen LogP contribution >= 0.6 is 0 Å². The number of hydrogen-bond donors (Lipinski definition) is 2. The number of alkyl carbamates (subject to hydrolysis) is 1. The number of carbonyl (C=O) groups is 1. The Morgan fingerprint density at radius 3 is 2.81 bits per heavy atom. The van der Waals surface area contributed by atoms with Crippen LogP contribution in [0.3, 0.4) is 0 Å². The van der Waals surface area contributed by atoms with E-state index in [1.54, 1.807) is 19.2 Å². The predicted molar refractivity (Wildman–Crippen MR) is 136 cm³/mol. The van der Waals surface area contributed by atoms with Gasteiger partial charge in [-0.05, 0) is 86.1 Å². The summed E-state index contributed by atoms with van der Waals surface area (Å²) in [7, 11) is -3.29. The van der Waals surface area contributed by atoms with Crippen LogP contribution in [0, 0.1) is 29.5 Å². The van der Waals surface area contributed by atoms with Gasteiger partial charge in [-0.3, -0.25) is 4.98 Å². The molecule has 36 heavy (non-hydrogen) atoms. The Morgan fingerprint density at radius 1 is 1.19 bits per heavy atom. The lowest BCUT2D eigenvalue weighted by Gasteiger charge is -2.47. The molecular weight excluding hydrogens is 481 g/mol. The highest BCUT2D eigenvalue weighted by molar-refractivity contribution is 7.89. The SMILES string of the molecule is CCOC(=O)N[C@@H]1CC[C@@H]2[C@@H](C1)C[C@@H]1CS(=O)(=O)N[C@@H]1[C@H]2C=Cc1ccc(-c2cccc(F)c2)cn1. The van der Waals surface area contributed by atoms with Crippen molar-refractivity contribution in [3.05, 3.63) is 60.2 Å². The average molecular weight is 514 g/mol. The van der Waals surface area contributed by atoms with Crippen LogP contribution in [0.15, 0.2) is 48.7 Å². The number of halogens is 1. The molecule has 1 aromatic carbocycles. The van der Waals surface area contributed by atoms with Crippen LogP contribution in [0.1, 0.15) is 38.3 Å². The Balaban J connectivity index is 1.33. The van der Waals surface area contributed by atoms with Gasteiger partial charge in [-0.25, -0.2) is 22.3 Å². The van der Waals surface area contributed by atoms with E-state index >= 15 is 0 Å². The van der Waals surface area contributed by atoms with E-state index in [9.17, 15) is 17.6 Å². The summed E-state index contributed by atoms with van der Waals surface area (Å²) in [6.07, 6.45) is 8.85. The molecule has 1 amide bonds. The number of sulfonamides is 1. The quantitative estimate of drug-likeness (QED) is 0.619. The first-order valence-electron chi connectivity index (χ1n) is 12.6. The highest BCUT2D eigenvalue weighted by Crippen LogP contribution is 2.49. The fourth-order valence-corrected chi connectivity index (χ4v) is 8.12. The third kappa shape index (κ3) is 5.47. The second-order valence-corrected chi connectivity index (χ2v) is 11.9. The molecule has 1 aliphatic heterocycles. The lowest BCUT2D eigenvalue weighted by Crippen LogP contribution is -2.51. The topological polar surface area (TPSA) is 97.4 Å². The average Bonchev–Trinajstić information content (AvgIpc) is 3.15. The Labute approximate surface area is 211 Å². The van der Waals surface area contributed by atoms with E-state index in [0.717, 1.165) is 42.5 Å². The molecule has 3 fully saturated rings. The number of amides is 1. The van der Waals surface area contributed by atoms with Gasteiger partial charge in [0.1, 0.15) is 5.82 Å². The summed E-state index contributed by atoms with van der Waals surface area (Å²) in [6.45, 7) is 2.12. The minimum absolute atomic E-state index is 0.0504. The summed E-state index contributed by atoms with van der Waals surface area (Å²) >= 11 is 0. The molecule has 0 spiro atoms. The molecular formula is C27H32FN3O4S. The fourth-order valence-electron chi connectivity index (χ4n) is 6.35. The van der Waals surface area contributed by atoms with Gasteiger partial charge in [0.2, 0.25) is 10.0 Å². The maximum absolute atomic E-state index is 13.6. The minimum Gasteiger partial charge on any atom is -0.450 e. The smallest absolute Gasteiger partial charge is 0.407 e. The zero-order valence-corrected chi connectivity index (χ0v) is 21.1. The van der Waals surface area contributed by atoms with Crippen LogP contribution in [0.5, 0.6) is 0 Å². The van der Waals surface area contributed by atoms with Crippen LogP contribution in [0.25, 0.3) is 17.2 Å². The van der Waals surface area contributed by atoms with Gasteiger partial charge in [-0.2, -0.15) is 0 Å². The van der Waals surface area contributed by atoms with E-state index in [1.807, 2.05) is 24.3 Å². The fraction of sp³-hybridized carbons (Fsp3) is 0.481. The van der Waals surface area contributed by atoms with Crippen molar-refractivity contribution in [2.75, 3.05) is 12.4 Å². The van der Waals surface area contributed by atoms with Gasteiger partial charge in [0.25, 0.3) is 0 Å². The maximum Gasteiger partial charge on any atom is 0.407 e. The van der Waals surface area contributed by atoms with Crippen molar-refractivity contribution in [1.82, 2.24) is 15.0 Å². The Kier molecular flexibility index (Phi) is 7.12. The minimum atomic E-state index is -3.29. The summed E-state index contributed by atoms with van der Waals surface area (Å²) in [5, 5.41) is 2.98. The van der Waals surface area contributed by atoms with E-state index in [1.165, 1.54) is 12.1 Å². The number of fused-ring (bicyclic) bond motifs is 2. The maximum atomic E-state index is 13.6. The van der Waals surface area contributed by atoms with Crippen molar-refractivity contribution < 1.29 is 22.3 Å². The number of benzene rings is 1. The van der Waals surface area contributed by atoms with Crippen molar-refractivity contribution in [2.45, 2.75) is 44.7 Å². The molecule has 9 heteroatoms. The standard InChI is InChI=1S/C27H32FN3O4S/c1-2-35-27(32)30-23-9-10-24-19(14-23)12-20-16-36(33,34)31-26(20)25(24)11-8-22-7-6-18(15-29-22)17-4-3-5-21(28)13-17/h3-8,11,13,15,19-20,23-26,31H,2,9-10,12,14,16H2,1H3,(H,30,32)/t19-,20-,23-,24-,25+,26+/m1/s1. The van der Waals surface area contributed by atoms with E-state index in [2.05, 4.69) is 21.1 Å². The molecule has 3 aliphatic rings. The molecule has 192 valence electrons. The van der Waals surface area contributed by atoms with Gasteiger partial charge in [-0.1, -0.05) is 24.3 Å². The van der Waals surface area contributed by atoms with Crippen LogP contribution < -0.4 is 10.0 Å². The second-order valence-electron chi connectivity index (χ2n) is 10.1. The highest BCUT2D eigenvalue weighted by Gasteiger charge is 2.51. The van der Waals surface area contributed by atoms with Crippen LogP contribution in [0.2, 0.25) is 0 Å². The monoisotopic (exact) mass is 513 g/mol. The third-order valence-corrected chi connectivity index (χ3v) is 9.34. The van der Waals surface area contributed by atoms with Crippen LogP contribution in [-0.2, 0) is 14.8 Å². The Morgan fingerprint density at radius 2 is 2.06 bits per heavy atom. The molecule has 0 bridgehead atoms. The first-order valence-corrected chi connectivity index (χ1v) is 14.3. The molecule has 2 saturated carbocycles. The van der Waals surface area contributed by atoms with Crippen molar-refractivity contribution >= 4 is 22.2 Å². The van der Waals surface area contributed by atoms with Crippen molar-refractivity contribution in [3.8, 4) is 11.1 Å². The number of aromatic nitrogens is 1. The predicted octanol–water partition coefficient (Wildman–Crippen LogP) is 4.37. The number of pyridine rings is 1. The second kappa shape index (κ2) is 10.3. The summed E-state index contributed by atoms with van der Waals surface area (Å²) in [4.78, 5) is 16.5. The number of nitrogens with one attached hydrogen (secondary N) is 2.